The van der Waals surface area contributed by atoms with Crippen molar-refractivity contribution in [3.05, 3.63) is 88.5 Å². The zero-order valence-electron chi connectivity index (χ0n) is 18.2. The van der Waals surface area contributed by atoms with Gasteiger partial charge in [-0.05, 0) is 56.0 Å². The summed E-state index contributed by atoms with van der Waals surface area (Å²) in [4.78, 5) is 28.5. The number of aryl methyl sites for hydroxylation is 1. The number of carbonyl (C=O) groups excluding carboxylic acids is 2. The number of likely N-dealkylation sites (tertiary alicyclic amines) is 1. The summed E-state index contributed by atoms with van der Waals surface area (Å²) in [5, 5.41) is 2.96. The van der Waals surface area contributed by atoms with E-state index >= 15 is 0 Å². The number of carbonyl (C=O) groups is 2. The minimum atomic E-state index is -0.589. The van der Waals surface area contributed by atoms with Crippen LogP contribution in [0.2, 0.25) is 5.02 Å². The Bertz CT molecular complexity index is 1110. The van der Waals surface area contributed by atoms with Crippen LogP contribution in [0.25, 0.3) is 0 Å². The number of anilines is 1. The lowest BCUT2D eigenvalue weighted by Gasteiger charge is -2.44. The summed E-state index contributed by atoms with van der Waals surface area (Å²) in [6.07, 6.45) is 9.54. The SMILES string of the molecule is Cc1cccc(F)c1C(=O)N1CCC[C@H](C(=O)Nc2cc(Cl)ccc2F)[C@@H]1C1C=CC=CC1. The quantitative estimate of drug-likeness (QED) is 0.603. The third-order valence-corrected chi connectivity index (χ3v) is 6.59. The van der Waals surface area contributed by atoms with E-state index < -0.39 is 29.5 Å². The second-order valence-electron chi connectivity index (χ2n) is 8.50. The van der Waals surface area contributed by atoms with Gasteiger partial charge in [-0.25, -0.2) is 8.78 Å². The van der Waals surface area contributed by atoms with Crippen LogP contribution >= 0.6 is 11.6 Å². The Labute approximate surface area is 196 Å². The molecule has 1 fully saturated rings. The van der Waals surface area contributed by atoms with Crippen molar-refractivity contribution in [3.8, 4) is 0 Å². The lowest BCUT2D eigenvalue weighted by molar-refractivity contribution is -0.123. The molecule has 0 radical (unpaired) electrons. The molecule has 3 atom stereocenters. The van der Waals surface area contributed by atoms with Crippen molar-refractivity contribution in [2.24, 2.45) is 11.8 Å². The lowest BCUT2D eigenvalue weighted by atomic mass is 9.77. The fourth-order valence-corrected chi connectivity index (χ4v) is 4.96. The molecular weight excluding hydrogens is 446 g/mol. The summed E-state index contributed by atoms with van der Waals surface area (Å²) < 4.78 is 28.9. The van der Waals surface area contributed by atoms with Crippen molar-refractivity contribution < 1.29 is 18.4 Å². The van der Waals surface area contributed by atoms with Gasteiger partial charge in [0.25, 0.3) is 5.91 Å². The Hall–Kier alpha value is -2.99. The molecule has 0 spiro atoms. The van der Waals surface area contributed by atoms with E-state index in [-0.39, 0.29) is 23.1 Å². The summed E-state index contributed by atoms with van der Waals surface area (Å²) in [7, 11) is 0. The summed E-state index contributed by atoms with van der Waals surface area (Å²) in [6, 6.07) is 8.02. The van der Waals surface area contributed by atoms with Crippen molar-refractivity contribution in [3.63, 3.8) is 0 Å². The fourth-order valence-electron chi connectivity index (χ4n) is 4.79. The zero-order chi connectivity index (χ0) is 23.5. The van der Waals surface area contributed by atoms with Gasteiger partial charge >= 0.3 is 0 Å². The van der Waals surface area contributed by atoms with Crippen LogP contribution in [0.3, 0.4) is 0 Å². The highest BCUT2D eigenvalue weighted by Gasteiger charge is 2.43. The van der Waals surface area contributed by atoms with Crippen molar-refractivity contribution in [1.82, 2.24) is 4.90 Å². The molecule has 2 amide bonds. The topological polar surface area (TPSA) is 49.4 Å². The summed E-state index contributed by atoms with van der Waals surface area (Å²) in [6.45, 7) is 2.12. The predicted molar refractivity (Wildman–Crippen MR) is 125 cm³/mol. The molecule has 1 unspecified atom stereocenters. The highest BCUT2D eigenvalue weighted by molar-refractivity contribution is 6.30. The van der Waals surface area contributed by atoms with Crippen molar-refractivity contribution in [1.29, 1.82) is 0 Å². The Morgan fingerprint density at radius 3 is 2.67 bits per heavy atom. The molecule has 1 saturated heterocycles. The number of allylic oxidation sites excluding steroid dienone is 3. The highest BCUT2D eigenvalue weighted by atomic mass is 35.5. The van der Waals surface area contributed by atoms with Crippen LogP contribution < -0.4 is 5.32 Å². The second-order valence-corrected chi connectivity index (χ2v) is 8.93. The van der Waals surface area contributed by atoms with Crippen LogP contribution in [0.5, 0.6) is 0 Å². The van der Waals surface area contributed by atoms with Crippen LogP contribution in [0, 0.1) is 30.4 Å². The maximum atomic E-state index is 14.6. The summed E-state index contributed by atoms with van der Waals surface area (Å²) in [5.74, 6) is -2.68. The van der Waals surface area contributed by atoms with Gasteiger partial charge in [0.2, 0.25) is 5.91 Å². The minimum absolute atomic E-state index is 0.00118. The molecule has 4 rings (SSSR count). The third-order valence-electron chi connectivity index (χ3n) is 6.36. The Balaban J connectivity index is 1.68. The van der Waals surface area contributed by atoms with Gasteiger partial charge in [-0.3, -0.25) is 9.59 Å². The molecule has 0 saturated carbocycles. The lowest BCUT2D eigenvalue weighted by Crippen LogP contribution is -2.55. The van der Waals surface area contributed by atoms with E-state index in [0.717, 1.165) is 0 Å². The van der Waals surface area contributed by atoms with Gasteiger partial charge < -0.3 is 10.2 Å². The molecule has 0 bridgehead atoms. The van der Waals surface area contributed by atoms with Crippen LogP contribution in [0.4, 0.5) is 14.5 Å². The molecule has 7 heteroatoms. The van der Waals surface area contributed by atoms with Gasteiger partial charge in [0.05, 0.1) is 23.2 Å². The fraction of sp³-hybridized carbons (Fsp3) is 0.308. The minimum Gasteiger partial charge on any atom is -0.334 e. The average molecular weight is 471 g/mol. The van der Waals surface area contributed by atoms with E-state index in [4.69, 9.17) is 11.6 Å². The summed E-state index contributed by atoms with van der Waals surface area (Å²) in [5.41, 5.74) is 0.573. The van der Waals surface area contributed by atoms with E-state index in [1.165, 1.54) is 24.3 Å². The molecule has 2 aromatic carbocycles. The smallest absolute Gasteiger partial charge is 0.257 e. The number of amides is 2. The Morgan fingerprint density at radius 2 is 1.94 bits per heavy atom. The molecular formula is C26H25ClF2N2O2. The van der Waals surface area contributed by atoms with Crippen molar-refractivity contribution in [2.75, 3.05) is 11.9 Å². The van der Waals surface area contributed by atoms with Crippen molar-refractivity contribution in [2.45, 2.75) is 32.2 Å². The average Bonchev–Trinajstić information content (AvgIpc) is 2.81. The van der Waals surface area contributed by atoms with E-state index in [1.807, 2.05) is 24.3 Å². The number of nitrogens with one attached hydrogen (secondary N) is 1. The molecule has 33 heavy (non-hydrogen) atoms. The second kappa shape index (κ2) is 9.87. The van der Waals surface area contributed by atoms with Crippen LogP contribution in [-0.2, 0) is 4.79 Å². The van der Waals surface area contributed by atoms with E-state index in [0.29, 0.717) is 36.4 Å². The molecule has 4 nitrogen and oxygen atoms in total. The number of benzene rings is 2. The molecule has 2 aliphatic rings. The van der Waals surface area contributed by atoms with Crippen LogP contribution in [-0.4, -0.2) is 29.3 Å². The molecule has 1 aliphatic carbocycles. The number of piperidine rings is 1. The van der Waals surface area contributed by atoms with E-state index in [1.54, 1.807) is 24.0 Å². The first kappa shape index (κ1) is 23.2. The Morgan fingerprint density at radius 1 is 1.12 bits per heavy atom. The molecule has 1 N–H and O–H groups in total. The Kier molecular flexibility index (Phi) is 6.94. The molecule has 172 valence electrons. The number of rotatable bonds is 4. The number of hydrogen-bond donors (Lipinski definition) is 1. The first-order valence-corrected chi connectivity index (χ1v) is 11.4. The van der Waals surface area contributed by atoms with Gasteiger partial charge in [-0.2, -0.15) is 0 Å². The maximum Gasteiger partial charge on any atom is 0.257 e. The van der Waals surface area contributed by atoms with Gasteiger partial charge in [0, 0.05) is 17.5 Å². The van der Waals surface area contributed by atoms with Gasteiger partial charge in [0.1, 0.15) is 11.6 Å². The van der Waals surface area contributed by atoms with Gasteiger partial charge in [-0.15, -0.1) is 0 Å². The first-order valence-electron chi connectivity index (χ1n) is 11.0. The molecule has 1 aliphatic heterocycles. The van der Waals surface area contributed by atoms with E-state index in [2.05, 4.69) is 5.32 Å². The van der Waals surface area contributed by atoms with Crippen LogP contribution in [0.1, 0.15) is 35.2 Å². The number of hydrogen-bond acceptors (Lipinski definition) is 2. The summed E-state index contributed by atoms with van der Waals surface area (Å²) >= 11 is 5.98. The van der Waals surface area contributed by atoms with Crippen molar-refractivity contribution >= 4 is 29.1 Å². The third kappa shape index (κ3) is 4.86. The zero-order valence-corrected chi connectivity index (χ0v) is 19.0. The molecule has 1 heterocycles. The predicted octanol–water partition coefficient (Wildman–Crippen LogP) is 5.92. The highest BCUT2D eigenvalue weighted by Crippen LogP contribution is 2.35. The normalized spacial score (nSPS) is 22.3. The largest absolute Gasteiger partial charge is 0.334 e. The van der Waals surface area contributed by atoms with Crippen LogP contribution in [0.15, 0.2) is 60.7 Å². The molecule has 2 aromatic rings. The molecule has 0 aromatic heterocycles. The monoisotopic (exact) mass is 470 g/mol. The standard InChI is InChI=1S/C26H25ClF2N2O2/c1-16-7-5-11-21(29)23(16)26(33)31-14-6-10-19(24(31)17-8-3-2-4-9-17)25(32)30-22-15-18(27)12-13-20(22)28/h2-5,7-8,11-13,15,17,19,24H,6,9-10,14H2,1H3,(H,30,32)/t17?,19-,24-/m0/s1. The number of halogens is 3. The van der Waals surface area contributed by atoms with Gasteiger partial charge in [0.15, 0.2) is 0 Å². The van der Waals surface area contributed by atoms with Gasteiger partial charge in [-0.1, -0.05) is 48.0 Å². The number of nitrogens with zero attached hydrogens (tertiary/aromatic N) is 1. The van der Waals surface area contributed by atoms with E-state index in [9.17, 15) is 18.4 Å². The first-order chi connectivity index (χ1) is 15.9. The maximum absolute atomic E-state index is 14.6.